The third-order valence-corrected chi connectivity index (χ3v) is 2.83. The smallest absolute Gasteiger partial charge is 0.355 e. The molecular weight excluding hydrogens is 260 g/mol. The average Bonchev–Trinajstić information content (AvgIpc) is 2.81. The summed E-state index contributed by atoms with van der Waals surface area (Å²) in [5, 5.41) is 0. The topological polar surface area (TPSA) is 99.6 Å². The average molecular weight is 276 g/mol. The van der Waals surface area contributed by atoms with Gasteiger partial charge in [-0.3, -0.25) is 9.20 Å². The van der Waals surface area contributed by atoms with E-state index in [2.05, 4.69) is 9.97 Å². The van der Waals surface area contributed by atoms with Gasteiger partial charge in [0.25, 0.3) is 5.91 Å². The van der Waals surface area contributed by atoms with Crippen molar-refractivity contribution in [3.8, 4) is 0 Å². The molecule has 0 spiro atoms. The van der Waals surface area contributed by atoms with Crippen LogP contribution in [0.2, 0.25) is 0 Å². The van der Waals surface area contributed by atoms with Crippen LogP contribution in [-0.4, -0.2) is 32.9 Å². The molecule has 7 nitrogen and oxygen atoms in total. The summed E-state index contributed by atoms with van der Waals surface area (Å²) >= 11 is 0. The summed E-state index contributed by atoms with van der Waals surface area (Å²) in [7, 11) is 0. The van der Waals surface area contributed by atoms with Crippen molar-refractivity contribution in [3.05, 3.63) is 29.5 Å². The number of amides is 1. The highest BCUT2D eigenvalue weighted by Gasteiger charge is 2.20. The van der Waals surface area contributed by atoms with Gasteiger partial charge in [-0.1, -0.05) is 13.8 Å². The van der Waals surface area contributed by atoms with Crippen LogP contribution in [0.3, 0.4) is 0 Å². The predicted molar refractivity (Wildman–Crippen MR) is 71.6 cm³/mol. The molecule has 0 bridgehead atoms. The maximum Gasteiger partial charge on any atom is 0.355 e. The number of hydrogen-bond donors (Lipinski definition) is 1. The maximum absolute atomic E-state index is 12.0. The van der Waals surface area contributed by atoms with Gasteiger partial charge >= 0.3 is 5.97 Å². The third-order valence-electron chi connectivity index (χ3n) is 2.83. The standard InChI is InChI=1S/C13H16N4O3/c1-4-20-13(19)9-5-8(7(2)3)16-12-10(11(14)18)15-6-17(9)12/h5-7H,4H2,1-3H3,(H2,14,18). The summed E-state index contributed by atoms with van der Waals surface area (Å²) in [6.45, 7) is 5.86. The Hall–Kier alpha value is -2.44. The van der Waals surface area contributed by atoms with Crippen LogP contribution in [0.4, 0.5) is 0 Å². The first-order chi connectivity index (χ1) is 9.45. The molecule has 0 unspecified atom stereocenters. The minimum absolute atomic E-state index is 0.0399. The summed E-state index contributed by atoms with van der Waals surface area (Å²) in [6, 6.07) is 1.64. The number of hydrogen-bond acceptors (Lipinski definition) is 5. The van der Waals surface area contributed by atoms with Gasteiger partial charge in [0.15, 0.2) is 11.3 Å². The lowest BCUT2D eigenvalue weighted by Gasteiger charge is -2.10. The number of ether oxygens (including phenoxy) is 1. The zero-order valence-corrected chi connectivity index (χ0v) is 11.6. The van der Waals surface area contributed by atoms with Crippen LogP contribution in [0.15, 0.2) is 12.4 Å². The first kappa shape index (κ1) is 14.0. The number of fused-ring (bicyclic) bond motifs is 1. The van der Waals surface area contributed by atoms with Gasteiger partial charge in [-0.15, -0.1) is 0 Å². The Balaban J connectivity index is 2.72. The van der Waals surface area contributed by atoms with Crippen molar-refractivity contribution in [2.45, 2.75) is 26.7 Å². The Bertz CT molecular complexity index is 676. The van der Waals surface area contributed by atoms with Crippen molar-refractivity contribution in [3.63, 3.8) is 0 Å². The molecule has 0 aliphatic rings. The molecule has 0 aliphatic carbocycles. The molecule has 2 N–H and O–H groups in total. The molecular formula is C13H16N4O3. The Labute approximate surface area is 115 Å². The molecule has 106 valence electrons. The van der Waals surface area contributed by atoms with Crippen molar-refractivity contribution >= 4 is 17.5 Å². The Kier molecular flexibility index (Phi) is 3.69. The van der Waals surface area contributed by atoms with E-state index in [-0.39, 0.29) is 29.6 Å². The quantitative estimate of drug-likeness (QED) is 0.844. The Morgan fingerprint density at radius 3 is 2.70 bits per heavy atom. The first-order valence-corrected chi connectivity index (χ1v) is 6.30. The van der Waals surface area contributed by atoms with Crippen molar-refractivity contribution < 1.29 is 14.3 Å². The van der Waals surface area contributed by atoms with Crippen LogP contribution in [0.1, 0.15) is 53.4 Å². The van der Waals surface area contributed by atoms with Crippen LogP contribution in [0, 0.1) is 0 Å². The fraction of sp³-hybridized carbons (Fsp3) is 0.385. The van der Waals surface area contributed by atoms with E-state index in [1.807, 2.05) is 13.8 Å². The van der Waals surface area contributed by atoms with Gasteiger partial charge in [0.2, 0.25) is 0 Å². The SMILES string of the molecule is CCOC(=O)c1cc(C(C)C)nc2c(C(N)=O)ncn12. The lowest BCUT2D eigenvalue weighted by atomic mass is 10.1. The molecule has 2 heterocycles. The summed E-state index contributed by atoms with van der Waals surface area (Å²) in [6.07, 6.45) is 1.35. The number of nitrogens with two attached hydrogens (primary N) is 1. The van der Waals surface area contributed by atoms with Gasteiger partial charge in [0.1, 0.15) is 12.0 Å². The molecule has 20 heavy (non-hydrogen) atoms. The molecule has 2 aromatic rings. The second kappa shape index (κ2) is 5.28. The van der Waals surface area contributed by atoms with Gasteiger partial charge in [0.05, 0.1) is 6.61 Å². The van der Waals surface area contributed by atoms with Crippen molar-refractivity contribution in [1.82, 2.24) is 14.4 Å². The molecule has 0 aliphatic heterocycles. The minimum atomic E-state index is -0.685. The Morgan fingerprint density at radius 2 is 2.15 bits per heavy atom. The predicted octanol–water partition coefficient (Wildman–Crippen LogP) is 1.13. The zero-order valence-electron chi connectivity index (χ0n) is 11.6. The zero-order chi connectivity index (χ0) is 14.9. The third kappa shape index (κ3) is 2.34. The lowest BCUT2D eigenvalue weighted by Crippen LogP contribution is -2.15. The number of carbonyl (C=O) groups excluding carboxylic acids is 2. The van der Waals surface area contributed by atoms with Crippen molar-refractivity contribution in [2.75, 3.05) is 6.61 Å². The van der Waals surface area contributed by atoms with E-state index in [1.54, 1.807) is 13.0 Å². The van der Waals surface area contributed by atoms with E-state index >= 15 is 0 Å². The molecule has 2 aromatic heterocycles. The van der Waals surface area contributed by atoms with Gasteiger partial charge in [-0.05, 0) is 18.9 Å². The summed E-state index contributed by atoms with van der Waals surface area (Å²) in [5.41, 5.74) is 6.52. The lowest BCUT2D eigenvalue weighted by molar-refractivity contribution is 0.0517. The number of rotatable bonds is 4. The van der Waals surface area contributed by atoms with Crippen LogP contribution in [0.25, 0.3) is 5.65 Å². The van der Waals surface area contributed by atoms with E-state index < -0.39 is 11.9 Å². The molecule has 0 fully saturated rings. The number of esters is 1. The number of primary amides is 1. The van der Waals surface area contributed by atoms with Crippen LogP contribution >= 0.6 is 0 Å². The summed E-state index contributed by atoms with van der Waals surface area (Å²) in [4.78, 5) is 31.6. The highest BCUT2D eigenvalue weighted by Crippen LogP contribution is 2.18. The molecule has 2 rings (SSSR count). The van der Waals surface area contributed by atoms with Crippen LogP contribution in [0.5, 0.6) is 0 Å². The normalized spacial score (nSPS) is 11.0. The first-order valence-electron chi connectivity index (χ1n) is 6.30. The summed E-state index contributed by atoms with van der Waals surface area (Å²) in [5.74, 6) is -1.09. The number of carbonyl (C=O) groups is 2. The fourth-order valence-corrected chi connectivity index (χ4v) is 1.82. The van der Waals surface area contributed by atoms with E-state index in [4.69, 9.17) is 10.5 Å². The molecule has 0 aromatic carbocycles. The largest absolute Gasteiger partial charge is 0.461 e. The van der Waals surface area contributed by atoms with Gasteiger partial charge in [-0.25, -0.2) is 14.8 Å². The number of nitrogens with zero attached hydrogens (tertiary/aromatic N) is 3. The maximum atomic E-state index is 12.0. The molecule has 7 heteroatoms. The van der Waals surface area contributed by atoms with E-state index in [0.717, 1.165) is 0 Å². The van der Waals surface area contributed by atoms with Crippen LogP contribution in [-0.2, 0) is 4.74 Å². The van der Waals surface area contributed by atoms with Crippen LogP contribution < -0.4 is 5.73 Å². The number of imidazole rings is 1. The molecule has 0 saturated heterocycles. The summed E-state index contributed by atoms with van der Waals surface area (Å²) < 4.78 is 6.43. The van der Waals surface area contributed by atoms with E-state index in [9.17, 15) is 9.59 Å². The molecule has 0 radical (unpaired) electrons. The second-order valence-corrected chi connectivity index (χ2v) is 4.59. The highest BCUT2D eigenvalue weighted by atomic mass is 16.5. The highest BCUT2D eigenvalue weighted by molar-refractivity contribution is 5.98. The van der Waals surface area contributed by atoms with Crippen molar-refractivity contribution in [2.24, 2.45) is 5.73 Å². The fourth-order valence-electron chi connectivity index (χ4n) is 1.82. The monoisotopic (exact) mass is 276 g/mol. The van der Waals surface area contributed by atoms with Gasteiger partial charge < -0.3 is 10.5 Å². The molecule has 0 saturated carbocycles. The van der Waals surface area contributed by atoms with Crippen molar-refractivity contribution in [1.29, 1.82) is 0 Å². The van der Waals surface area contributed by atoms with Gasteiger partial charge in [-0.2, -0.15) is 0 Å². The number of aromatic nitrogens is 3. The van der Waals surface area contributed by atoms with Gasteiger partial charge in [0, 0.05) is 5.69 Å². The van der Waals surface area contributed by atoms with E-state index in [0.29, 0.717) is 5.69 Å². The second-order valence-electron chi connectivity index (χ2n) is 4.59. The van der Waals surface area contributed by atoms with E-state index in [1.165, 1.54) is 10.7 Å². The minimum Gasteiger partial charge on any atom is -0.461 e. The molecule has 1 amide bonds. The Morgan fingerprint density at radius 1 is 1.45 bits per heavy atom. The molecule has 0 atom stereocenters.